The van der Waals surface area contributed by atoms with E-state index in [1.54, 1.807) is 6.07 Å². The second-order valence-corrected chi connectivity index (χ2v) is 5.17. The molecule has 1 saturated carbocycles. The van der Waals surface area contributed by atoms with E-state index in [1.165, 1.54) is 32.1 Å². The molecule has 1 fully saturated rings. The number of nitro benzene ring substituents is 1. The van der Waals surface area contributed by atoms with E-state index in [0.717, 1.165) is 18.5 Å². The van der Waals surface area contributed by atoms with Crippen molar-refractivity contribution in [3.8, 4) is 5.75 Å². The summed E-state index contributed by atoms with van der Waals surface area (Å²) in [7, 11) is 1.52. The maximum absolute atomic E-state index is 10.8. The molecule has 1 aliphatic carbocycles. The molecule has 2 rings (SSSR count). The zero-order chi connectivity index (χ0) is 14.5. The van der Waals surface area contributed by atoms with Crippen LogP contribution >= 0.6 is 0 Å². The van der Waals surface area contributed by atoms with Gasteiger partial charge in [0.15, 0.2) is 0 Å². The lowest BCUT2D eigenvalue weighted by Gasteiger charge is -2.32. The Morgan fingerprint density at radius 1 is 1.45 bits per heavy atom. The van der Waals surface area contributed by atoms with Crippen molar-refractivity contribution in [2.45, 2.75) is 31.7 Å². The van der Waals surface area contributed by atoms with E-state index in [1.807, 2.05) is 0 Å². The van der Waals surface area contributed by atoms with Gasteiger partial charge in [-0.15, -0.1) is 0 Å². The van der Waals surface area contributed by atoms with Crippen LogP contribution in [0.1, 0.15) is 25.7 Å². The molecule has 0 aromatic heterocycles. The number of methoxy groups -OCH3 is 1. The molecule has 20 heavy (non-hydrogen) atoms. The van der Waals surface area contributed by atoms with E-state index < -0.39 is 4.92 Å². The number of hydrogen-bond acceptors (Lipinski definition) is 5. The minimum atomic E-state index is -0.421. The van der Waals surface area contributed by atoms with Crippen molar-refractivity contribution >= 4 is 11.4 Å². The Labute approximate surface area is 118 Å². The normalized spacial score (nSPS) is 22.3. The number of benzene rings is 1. The number of nitrogens with two attached hydrogens (primary N) is 1. The monoisotopic (exact) mass is 279 g/mol. The van der Waals surface area contributed by atoms with Crippen molar-refractivity contribution < 1.29 is 9.66 Å². The topological polar surface area (TPSA) is 90.4 Å². The highest BCUT2D eigenvalue weighted by molar-refractivity contribution is 5.61. The van der Waals surface area contributed by atoms with Gasteiger partial charge in [0, 0.05) is 12.1 Å². The summed E-state index contributed by atoms with van der Waals surface area (Å²) in [6.07, 6.45) is 4.60. The van der Waals surface area contributed by atoms with E-state index in [2.05, 4.69) is 5.32 Å². The molecule has 1 aromatic carbocycles. The molecular weight excluding hydrogens is 258 g/mol. The second-order valence-electron chi connectivity index (χ2n) is 5.17. The smallest absolute Gasteiger partial charge is 0.273 e. The standard InChI is InChI=1S/C14H21N3O3/c1-20-14-8-11(17(18)19)6-7-13(14)16-12-5-3-2-4-10(12)9-15/h6-8,10,12,16H,2-5,9,15H2,1H3. The Kier molecular flexibility index (Phi) is 4.79. The maximum Gasteiger partial charge on any atom is 0.273 e. The molecule has 1 aliphatic rings. The number of hydrogen-bond donors (Lipinski definition) is 2. The molecule has 0 heterocycles. The summed E-state index contributed by atoms with van der Waals surface area (Å²) in [6.45, 7) is 0.660. The van der Waals surface area contributed by atoms with Crippen molar-refractivity contribution in [2.75, 3.05) is 19.0 Å². The zero-order valence-electron chi connectivity index (χ0n) is 11.7. The average Bonchev–Trinajstić information content (AvgIpc) is 2.48. The summed E-state index contributed by atoms with van der Waals surface area (Å²) in [5, 5.41) is 14.2. The lowest BCUT2D eigenvalue weighted by molar-refractivity contribution is -0.384. The van der Waals surface area contributed by atoms with Crippen LogP contribution in [0.2, 0.25) is 0 Å². The van der Waals surface area contributed by atoms with Crippen LogP contribution in [0.3, 0.4) is 0 Å². The van der Waals surface area contributed by atoms with Crippen molar-refractivity contribution in [1.29, 1.82) is 0 Å². The van der Waals surface area contributed by atoms with E-state index in [0.29, 0.717) is 24.3 Å². The highest BCUT2D eigenvalue weighted by Gasteiger charge is 2.25. The minimum Gasteiger partial charge on any atom is -0.494 e. The van der Waals surface area contributed by atoms with Gasteiger partial charge in [-0.05, 0) is 31.4 Å². The highest BCUT2D eigenvalue weighted by atomic mass is 16.6. The van der Waals surface area contributed by atoms with Gasteiger partial charge < -0.3 is 15.8 Å². The SMILES string of the molecule is COc1cc([N+](=O)[O-])ccc1NC1CCCCC1CN. The van der Waals surface area contributed by atoms with Crippen LogP contribution in [0.4, 0.5) is 11.4 Å². The molecule has 0 radical (unpaired) electrons. The lowest BCUT2D eigenvalue weighted by atomic mass is 9.84. The van der Waals surface area contributed by atoms with E-state index >= 15 is 0 Å². The van der Waals surface area contributed by atoms with Crippen LogP contribution in [-0.4, -0.2) is 24.6 Å². The molecule has 110 valence electrons. The van der Waals surface area contributed by atoms with Gasteiger partial charge in [0.25, 0.3) is 5.69 Å². The molecule has 1 aromatic rings. The average molecular weight is 279 g/mol. The van der Waals surface area contributed by atoms with Gasteiger partial charge in [0.1, 0.15) is 5.75 Å². The summed E-state index contributed by atoms with van der Waals surface area (Å²) in [5.74, 6) is 0.948. The van der Waals surface area contributed by atoms with E-state index in [9.17, 15) is 10.1 Å². The number of anilines is 1. The van der Waals surface area contributed by atoms with Crippen LogP contribution in [0.25, 0.3) is 0 Å². The largest absolute Gasteiger partial charge is 0.494 e. The first-order valence-electron chi connectivity index (χ1n) is 6.94. The summed E-state index contributed by atoms with van der Waals surface area (Å²) in [4.78, 5) is 10.4. The van der Waals surface area contributed by atoms with Gasteiger partial charge in [-0.2, -0.15) is 0 Å². The van der Waals surface area contributed by atoms with Crippen LogP contribution < -0.4 is 15.8 Å². The van der Waals surface area contributed by atoms with Gasteiger partial charge >= 0.3 is 0 Å². The van der Waals surface area contributed by atoms with Crippen molar-refractivity contribution in [2.24, 2.45) is 11.7 Å². The van der Waals surface area contributed by atoms with Crippen LogP contribution in [0, 0.1) is 16.0 Å². The third-order valence-corrected chi connectivity index (χ3v) is 3.95. The number of nitrogens with one attached hydrogen (secondary N) is 1. The van der Waals surface area contributed by atoms with Gasteiger partial charge in [-0.1, -0.05) is 12.8 Å². The molecule has 0 saturated heterocycles. The molecular formula is C14H21N3O3. The summed E-state index contributed by atoms with van der Waals surface area (Å²) in [5.41, 5.74) is 6.65. The van der Waals surface area contributed by atoms with E-state index in [4.69, 9.17) is 10.5 Å². The van der Waals surface area contributed by atoms with Gasteiger partial charge in [-0.3, -0.25) is 10.1 Å². The van der Waals surface area contributed by atoms with Gasteiger partial charge in [-0.25, -0.2) is 0 Å². The Hall–Kier alpha value is -1.82. The third-order valence-electron chi connectivity index (χ3n) is 3.95. The van der Waals surface area contributed by atoms with Crippen molar-refractivity contribution in [3.63, 3.8) is 0 Å². The summed E-state index contributed by atoms with van der Waals surface area (Å²) in [6, 6.07) is 4.96. The number of nitrogens with zero attached hydrogens (tertiary/aromatic N) is 1. The molecule has 0 aliphatic heterocycles. The highest BCUT2D eigenvalue weighted by Crippen LogP contribution is 2.33. The number of rotatable bonds is 5. The Morgan fingerprint density at radius 3 is 2.85 bits per heavy atom. The van der Waals surface area contributed by atoms with Crippen LogP contribution in [-0.2, 0) is 0 Å². The molecule has 0 bridgehead atoms. The molecule has 0 spiro atoms. The second kappa shape index (κ2) is 6.56. The van der Waals surface area contributed by atoms with Crippen LogP contribution in [0.15, 0.2) is 18.2 Å². The molecule has 0 amide bonds. The third kappa shape index (κ3) is 3.19. The fourth-order valence-corrected chi connectivity index (χ4v) is 2.79. The molecule has 6 heteroatoms. The molecule has 2 atom stereocenters. The Bertz CT molecular complexity index is 479. The van der Waals surface area contributed by atoms with Crippen molar-refractivity contribution in [3.05, 3.63) is 28.3 Å². The first-order chi connectivity index (χ1) is 9.65. The van der Waals surface area contributed by atoms with Crippen LogP contribution in [0.5, 0.6) is 5.75 Å². The number of ether oxygens (including phenoxy) is 1. The summed E-state index contributed by atoms with van der Waals surface area (Å²) < 4.78 is 5.25. The predicted molar refractivity (Wildman–Crippen MR) is 78.1 cm³/mol. The van der Waals surface area contributed by atoms with Gasteiger partial charge in [0.2, 0.25) is 0 Å². The predicted octanol–water partition coefficient (Wildman–Crippen LogP) is 2.53. The molecule has 3 N–H and O–H groups in total. The number of nitro groups is 1. The maximum atomic E-state index is 10.8. The molecule has 2 unspecified atom stereocenters. The summed E-state index contributed by atoms with van der Waals surface area (Å²) >= 11 is 0. The van der Waals surface area contributed by atoms with E-state index in [-0.39, 0.29) is 5.69 Å². The zero-order valence-corrected chi connectivity index (χ0v) is 11.7. The first-order valence-corrected chi connectivity index (χ1v) is 6.94. The number of non-ortho nitro benzene ring substituents is 1. The fourth-order valence-electron chi connectivity index (χ4n) is 2.79. The quantitative estimate of drug-likeness (QED) is 0.638. The molecule has 6 nitrogen and oxygen atoms in total. The fraction of sp³-hybridized carbons (Fsp3) is 0.571. The minimum absolute atomic E-state index is 0.0337. The first kappa shape index (κ1) is 14.6. The Balaban J connectivity index is 2.17. The Morgan fingerprint density at radius 2 is 2.20 bits per heavy atom. The van der Waals surface area contributed by atoms with Crippen molar-refractivity contribution in [1.82, 2.24) is 0 Å². The lowest BCUT2D eigenvalue weighted by Crippen LogP contribution is -2.36. The van der Waals surface area contributed by atoms with Gasteiger partial charge in [0.05, 0.1) is 23.8 Å².